The number of likely N-dealkylation sites (tertiary alicyclic amines) is 1. The summed E-state index contributed by atoms with van der Waals surface area (Å²) in [5, 5.41) is 0.529. The van der Waals surface area contributed by atoms with Crippen LogP contribution in [0.2, 0.25) is 0 Å². The van der Waals surface area contributed by atoms with E-state index in [2.05, 4.69) is 21.5 Å². The molecule has 0 atom stereocenters. The molecular formula is C21H21N3O2S. The molecule has 5 nitrogen and oxygen atoms in total. The van der Waals surface area contributed by atoms with Crippen LogP contribution >= 0.6 is 11.5 Å². The molecule has 2 heterocycles. The summed E-state index contributed by atoms with van der Waals surface area (Å²) in [6.07, 6.45) is 3.37. The maximum absolute atomic E-state index is 12.2. The Morgan fingerprint density at radius 2 is 1.74 bits per heavy atom. The topological polar surface area (TPSA) is 55.3 Å². The van der Waals surface area contributed by atoms with Crippen LogP contribution in [0.15, 0.2) is 54.6 Å². The molecule has 1 aliphatic heterocycles. The smallest absolute Gasteiger partial charge is 0.298 e. The molecule has 1 fully saturated rings. The molecule has 0 radical (unpaired) electrons. The van der Waals surface area contributed by atoms with E-state index in [1.54, 1.807) is 0 Å². The first-order valence-corrected chi connectivity index (χ1v) is 9.95. The predicted molar refractivity (Wildman–Crippen MR) is 105 cm³/mol. The number of aromatic nitrogens is 2. The maximum Gasteiger partial charge on any atom is 0.298 e. The summed E-state index contributed by atoms with van der Waals surface area (Å²) in [4.78, 5) is 18.6. The van der Waals surface area contributed by atoms with Crippen LogP contribution in [0.5, 0.6) is 10.9 Å². The highest BCUT2D eigenvalue weighted by Crippen LogP contribution is 2.24. The third kappa shape index (κ3) is 4.71. The Labute approximate surface area is 162 Å². The van der Waals surface area contributed by atoms with E-state index in [1.165, 1.54) is 17.1 Å². The number of carbonyl (C=O) groups is 1. The molecule has 1 aliphatic rings. The first-order chi connectivity index (χ1) is 13.3. The molecule has 0 N–H and O–H groups in total. The van der Waals surface area contributed by atoms with Crippen LogP contribution < -0.4 is 4.74 Å². The number of ether oxygens (including phenoxy) is 1. The van der Waals surface area contributed by atoms with Gasteiger partial charge in [-0.2, -0.15) is 9.36 Å². The predicted octanol–water partition coefficient (Wildman–Crippen LogP) is 4.09. The molecule has 0 saturated carbocycles. The van der Waals surface area contributed by atoms with Gasteiger partial charge in [0.25, 0.3) is 5.19 Å². The van der Waals surface area contributed by atoms with Crippen molar-refractivity contribution in [3.63, 3.8) is 0 Å². The van der Waals surface area contributed by atoms with Crippen molar-refractivity contribution in [2.45, 2.75) is 25.7 Å². The summed E-state index contributed by atoms with van der Waals surface area (Å²) < 4.78 is 10.2. The molecule has 1 amide bonds. The van der Waals surface area contributed by atoms with Crippen molar-refractivity contribution in [2.24, 2.45) is 0 Å². The third-order valence-electron chi connectivity index (χ3n) is 4.60. The van der Waals surface area contributed by atoms with Crippen LogP contribution in [0.3, 0.4) is 0 Å². The Hall–Kier alpha value is -2.73. The number of hydrogen-bond acceptors (Lipinski definition) is 5. The first-order valence-electron chi connectivity index (χ1n) is 9.17. The lowest BCUT2D eigenvalue weighted by Gasteiger charge is -2.15. The van der Waals surface area contributed by atoms with Gasteiger partial charge < -0.3 is 9.64 Å². The Bertz CT molecular complexity index is 887. The third-order valence-corrected chi connectivity index (χ3v) is 5.23. The van der Waals surface area contributed by atoms with Crippen LogP contribution in [-0.2, 0) is 17.6 Å². The van der Waals surface area contributed by atoms with Gasteiger partial charge in [-0.05, 0) is 36.1 Å². The van der Waals surface area contributed by atoms with Crippen molar-refractivity contribution in [2.75, 3.05) is 13.1 Å². The van der Waals surface area contributed by atoms with Crippen molar-refractivity contribution in [3.05, 3.63) is 71.5 Å². The quantitative estimate of drug-likeness (QED) is 0.647. The molecule has 1 saturated heterocycles. The van der Waals surface area contributed by atoms with E-state index >= 15 is 0 Å². The van der Waals surface area contributed by atoms with Gasteiger partial charge in [-0.1, -0.05) is 42.5 Å². The Morgan fingerprint density at radius 1 is 1.00 bits per heavy atom. The Balaban J connectivity index is 1.34. The summed E-state index contributed by atoms with van der Waals surface area (Å²) in [6.45, 7) is 1.78. The zero-order valence-electron chi connectivity index (χ0n) is 15.0. The molecule has 0 bridgehead atoms. The minimum Gasteiger partial charge on any atom is -0.430 e. The van der Waals surface area contributed by atoms with Crippen molar-refractivity contribution in [1.82, 2.24) is 14.3 Å². The summed E-state index contributed by atoms with van der Waals surface area (Å²) >= 11 is 1.25. The van der Waals surface area contributed by atoms with Crippen molar-refractivity contribution >= 4 is 17.4 Å². The number of amides is 1. The normalized spacial score (nSPS) is 13.7. The van der Waals surface area contributed by atoms with E-state index in [0.717, 1.165) is 37.3 Å². The van der Waals surface area contributed by atoms with Gasteiger partial charge in [0.2, 0.25) is 5.91 Å². The molecular weight excluding hydrogens is 358 g/mol. The second-order valence-electron chi connectivity index (χ2n) is 6.65. The number of carbonyl (C=O) groups excluding carboxylic acids is 1. The number of nitrogens with zero attached hydrogens (tertiary/aromatic N) is 3. The molecule has 0 aliphatic carbocycles. The maximum atomic E-state index is 12.2. The fourth-order valence-electron chi connectivity index (χ4n) is 3.16. The van der Waals surface area contributed by atoms with Gasteiger partial charge in [-0.3, -0.25) is 4.79 Å². The van der Waals surface area contributed by atoms with Crippen molar-refractivity contribution < 1.29 is 9.53 Å². The lowest BCUT2D eigenvalue weighted by atomic mass is 10.1. The van der Waals surface area contributed by atoms with E-state index < -0.39 is 0 Å². The van der Waals surface area contributed by atoms with E-state index in [4.69, 9.17) is 4.74 Å². The lowest BCUT2D eigenvalue weighted by Crippen LogP contribution is -2.28. The number of rotatable bonds is 6. The van der Waals surface area contributed by atoms with Crippen LogP contribution in [0.4, 0.5) is 0 Å². The summed E-state index contributed by atoms with van der Waals surface area (Å²) in [7, 11) is 0. The summed E-state index contributed by atoms with van der Waals surface area (Å²) in [6, 6.07) is 17.8. The van der Waals surface area contributed by atoms with Gasteiger partial charge in [0, 0.05) is 31.0 Å². The fraction of sp³-hybridized carbons (Fsp3) is 0.286. The second kappa shape index (κ2) is 8.31. The SMILES string of the molecule is O=C(Cc1ccc(Oc2nc(Cc3ccccc3)ns2)cc1)N1CCCC1. The molecule has 6 heteroatoms. The highest BCUT2D eigenvalue weighted by Gasteiger charge is 2.17. The van der Waals surface area contributed by atoms with Gasteiger partial charge in [0.05, 0.1) is 6.42 Å². The zero-order chi connectivity index (χ0) is 18.5. The van der Waals surface area contributed by atoms with Crippen molar-refractivity contribution in [1.29, 1.82) is 0 Å². The standard InChI is InChI=1S/C21H21N3O2S/c25-20(24-12-4-5-13-24)15-17-8-10-18(11-9-17)26-21-22-19(23-27-21)14-16-6-2-1-3-7-16/h1-3,6-11H,4-5,12-15H2. The average molecular weight is 379 g/mol. The molecule has 1 aromatic heterocycles. The van der Waals surface area contributed by atoms with Crippen LogP contribution in [0, 0.1) is 0 Å². The zero-order valence-corrected chi connectivity index (χ0v) is 15.8. The minimum absolute atomic E-state index is 0.204. The fourth-order valence-corrected chi connectivity index (χ4v) is 3.73. The minimum atomic E-state index is 0.204. The van der Waals surface area contributed by atoms with Crippen molar-refractivity contribution in [3.8, 4) is 10.9 Å². The Morgan fingerprint density at radius 3 is 2.48 bits per heavy atom. The molecule has 2 aromatic carbocycles. The molecule has 3 aromatic rings. The van der Waals surface area contributed by atoms with Gasteiger partial charge in [0.1, 0.15) is 5.75 Å². The summed E-state index contributed by atoms with van der Waals surface area (Å²) in [5.41, 5.74) is 2.18. The van der Waals surface area contributed by atoms with E-state index in [9.17, 15) is 4.79 Å². The van der Waals surface area contributed by atoms with E-state index in [0.29, 0.717) is 23.8 Å². The van der Waals surface area contributed by atoms with Gasteiger partial charge in [-0.25, -0.2) is 0 Å². The second-order valence-corrected chi connectivity index (χ2v) is 7.36. The largest absolute Gasteiger partial charge is 0.430 e. The van der Waals surface area contributed by atoms with Gasteiger partial charge >= 0.3 is 0 Å². The molecule has 4 rings (SSSR count). The Kier molecular flexibility index (Phi) is 5.44. The molecule has 0 unspecified atom stereocenters. The lowest BCUT2D eigenvalue weighted by molar-refractivity contribution is -0.129. The highest BCUT2D eigenvalue weighted by molar-refractivity contribution is 7.07. The molecule has 0 spiro atoms. The highest BCUT2D eigenvalue weighted by atomic mass is 32.1. The average Bonchev–Trinajstić information content (AvgIpc) is 3.37. The van der Waals surface area contributed by atoms with E-state index in [1.807, 2.05) is 47.4 Å². The molecule has 138 valence electrons. The first kappa shape index (κ1) is 17.7. The van der Waals surface area contributed by atoms with Crippen LogP contribution in [0.1, 0.15) is 29.8 Å². The van der Waals surface area contributed by atoms with Gasteiger partial charge in [-0.15, -0.1) is 0 Å². The van der Waals surface area contributed by atoms with Crippen LogP contribution in [-0.4, -0.2) is 33.3 Å². The summed E-state index contributed by atoms with van der Waals surface area (Å²) in [5.74, 6) is 1.67. The van der Waals surface area contributed by atoms with E-state index in [-0.39, 0.29) is 5.91 Å². The molecule has 27 heavy (non-hydrogen) atoms. The number of benzene rings is 2. The number of hydrogen-bond donors (Lipinski definition) is 0. The monoisotopic (exact) mass is 379 g/mol. The van der Waals surface area contributed by atoms with Crippen LogP contribution in [0.25, 0.3) is 0 Å². The van der Waals surface area contributed by atoms with Gasteiger partial charge in [0.15, 0.2) is 5.82 Å².